The second kappa shape index (κ2) is 6.11. The van der Waals surface area contributed by atoms with E-state index in [0.29, 0.717) is 5.02 Å². The van der Waals surface area contributed by atoms with E-state index in [-0.39, 0.29) is 16.3 Å². The molecule has 110 valence electrons. The van der Waals surface area contributed by atoms with Gasteiger partial charge in [0, 0.05) is 17.2 Å². The van der Waals surface area contributed by atoms with Crippen molar-refractivity contribution in [1.82, 2.24) is 0 Å². The Morgan fingerprint density at radius 1 is 1.05 bits per heavy atom. The predicted octanol–water partition coefficient (Wildman–Crippen LogP) is 3.06. The fourth-order valence-electron chi connectivity index (χ4n) is 1.52. The van der Waals surface area contributed by atoms with Gasteiger partial charge >= 0.3 is 0 Å². The SMILES string of the molecule is O=[N+]([O-])c1ccc(OCS(=O)(=O)c2ccc(Cl)cc2)cc1. The molecule has 0 spiro atoms. The molecule has 2 aromatic rings. The number of sulfone groups is 1. The molecule has 0 aliphatic rings. The summed E-state index contributed by atoms with van der Waals surface area (Å²) in [7, 11) is -3.62. The van der Waals surface area contributed by atoms with Crippen LogP contribution in [0.3, 0.4) is 0 Å². The van der Waals surface area contributed by atoms with Gasteiger partial charge in [0.15, 0.2) is 5.94 Å². The smallest absolute Gasteiger partial charge is 0.269 e. The van der Waals surface area contributed by atoms with E-state index in [1.54, 1.807) is 0 Å². The molecular formula is C13H10ClNO5S. The fraction of sp³-hybridized carbons (Fsp3) is 0.0769. The summed E-state index contributed by atoms with van der Waals surface area (Å²) in [6.45, 7) is 0. The summed E-state index contributed by atoms with van der Waals surface area (Å²) in [5.41, 5.74) is -0.0945. The van der Waals surface area contributed by atoms with Crippen LogP contribution in [0, 0.1) is 10.1 Å². The van der Waals surface area contributed by atoms with Gasteiger partial charge in [-0.05, 0) is 36.4 Å². The van der Waals surface area contributed by atoms with E-state index < -0.39 is 20.7 Å². The second-order valence-electron chi connectivity index (χ2n) is 4.08. The molecule has 0 radical (unpaired) electrons. The molecule has 0 aliphatic heterocycles. The number of non-ortho nitro benzene ring substituents is 1. The van der Waals surface area contributed by atoms with Crippen molar-refractivity contribution in [2.45, 2.75) is 4.90 Å². The minimum atomic E-state index is -3.62. The molecule has 0 unspecified atom stereocenters. The van der Waals surface area contributed by atoms with Crippen molar-refractivity contribution < 1.29 is 18.1 Å². The first-order chi connectivity index (χ1) is 9.88. The summed E-state index contributed by atoms with van der Waals surface area (Å²) in [6, 6.07) is 10.9. The van der Waals surface area contributed by atoms with Crippen molar-refractivity contribution >= 4 is 27.1 Å². The fourth-order valence-corrected chi connectivity index (χ4v) is 2.62. The molecule has 0 bridgehead atoms. The van der Waals surface area contributed by atoms with E-state index in [9.17, 15) is 18.5 Å². The van der Waals surface area contributed by atoms with Crippen LogP contribution in [0.1, 0.15) is 0 Å². The van der Waals surface area contributed by atoms with Gasteiger partial charge in [0.1, 0.15) is 5.75 Å². The molecule has 0 saturated carbocycles. The highest BCUT2D eigenvalue weighted by molar-refractivity contribution is 7.91. The lowest BCUT2D eigenvalue weighted by Crippen LogP contribution is -2.12. The summed E-state index contributed by atoms with van der Waals surface area (Å²) >= 11 is 5.69. The molecule has 8 heteroatoms. The number of nitro groups is 1. The highest BCUT2D eigenvalue weighted by Gasteiger charge is 2.15. The summed E-state index contributed by atoms with van der Waals surface area (Å²) in [5.74, 6) is -0.329. The topological polar surface area (TPSA) is 86.5 Å². The van der Waals surface area contributed by atoms with Crippen molar-refractivity contribution in [1.29, 1.82) is 0 Å². The highest BCUT2D eigenvalue weighted by Crippen LogP contribution is 2.20. The summed E-state index contributed by atoms with van der Waals surface area (Å²) in [6.07, 6.45) is 0. The van der Waals surface area contributed by atoms with Crippen molar-refractivity contribution in [3.8, 4) is 5.75 Å². The van der Waals surface area contributed by atoms with Gasteiger partial charge < -0.3 is 4.74 Å². The van der Waals surface area contributed by atoms with Crippen LogP contribution in [0.5, 0.6) is 5.75 Å². The van der Waals surface area contributed by atoms with E-state index in [2.05, 4.69) is 0 Å². The summed E-state index contributed by atoms with van der Waals surface area (Å²) in [5, 5.41) is 10.9. The van der Waals surface area contributed by atoms with Crippen LogP contribution >= 0.6 is 11.6 Å². The van der Waals surface area contributed by atoms with Crippen molar-refractivity contribution in [2.75, 3.05) is 5.94 Å². The monoisotopic (exact) mass is 327 g/mol. The number of ether oxygens (including phenoxy) is 1. The average molecular weight is 328 g/mol. The first-order valence-corrected chi connectivity index (χ1v) is 7.77. The Bertz CT molecular complexity index is 741. The van der Waals surface area contributed by atoms with E-state index >= 15 is 0 Å². The lowest BCUT2D eigenvalue weighted by atomic mass is 10.3. The summed E-state index contributed by atoms with van der Waals surface area (Å²) < 4.78 is 29.2. The van der Waals surface area contributed by atoms with Crippen LogP contribution in [-0.2, 0) is 9.84 Å². The van der Waals surface area contributed by atoms with Gasteiger partial charge in [-0.15, -0.1) is 0 Å². The Labute approximate surface area is 126 Å². The number of rotatable bonds is 5. The molecule has 0 fully saturated rings. The third kappa shape index (κ3) is 3.93. The number of hydrogen-bond donors (Lipinski definition) is 0. The first-order valence-electron chi connectivity index (χ1n) is 5.74. The van der Waals surface area contributed by atoms with Crippen LogP contribution < -0.4 is 4.74 Å². The Kier molecular flexibility index (Phi) is 4.44. The van der Waals surface area contributed by atoms with Gasteiger partial charge in [0.2, 0.25) is 9.84 Å². The molecule has 0 amide bonds. The van der Waals surface area contributed by atoms with E-state index in [4.69, 9.17) is 16.3 Å². The predicted molar refractivity (Wildman–Crippen MR) is 77.2 cm³/mol. The molecule has 0 aromatic heterocycles. The minimum Gasteiger partial charge on any atom is -0.477 e. The molecule has 0 aliphatic carbocycles. The van der Waals surface area contributed by atoms with E-state index in [1.807, 2.05) is 0 Å². The lowest BCUT2D eigenvalue weighted by molar-refractivity contribution is -0.384. The minimum absolute atomic E-state index is 0.0915. The van der Waals surface area contributed by atoms with Crippen molar-refractivity contribution in [3.05, 3.63) is 63.7 Å². The van der Waals surface area contributed by atoms with Gasteiger partial charge in [-0.1, -0.05) is 11.6 Å². The zero-order valence-electron chi connectivity index (χ0n) is 10.6. The molecule has 0 N–H and O–H groups in total. The first kappa shape index (κ1) is 15.3. The lowest BCUT2D eigenvalue weighted by Gasteiger charge is -2.07. The molecule has 21 heavy (non-hydrogen) atoms. The quantitative estimate of drug-likeness (QED) is 0.622. The number of benzene rings is 2. The molecule has 0 saturated heterocycles. The van der Waals surface area contributed by atoms with Crippen LogP contribution in [0.2, 0.25) is 5.02 Å². The number of nitro benzene ring substituents is 1. The maximum atomic E-state index is 12.0. The normalized spacial score (nSPS) is 11.1. The molecule has 2 aromatic carbocycles. The van der Waals surface area contributed by atoms with E-state index in [1.165, 1.54) is 48.5 Å². The Morgan fingerprint density at radius 3 is 2.14 bits per heavy atom. The molecule has 2 rings (SSSR count). The third-order valence-electron chi connectivity index (χ3n) is 2.60. The summed E-state index contributed by atoms with van der Waals surface area (Å²) in [4.78, 5) is 10.0. The van der Waals surface area contributed by atoms with Crippen LogP contribution in [0.15, 0.2) is 53.4 Å². The molecule has 0 heterocycles. The average Bonchev–Trinajstić information content (AvgIpc) is 2.46. The van der Waals surface area contributed by atoms with Gasteiger partial charge in [-0.3, -0.25) is 10.1 Å². The second-order valence-corrected chi connectivity index (χ2v) is 6.45. The van der Waals surface area contributed by atoms with Crippen molar-refractivity contribution in [2.24, 2.45) is 0 Å². The molecule has 6 nitrogen and oxygen atoms in total. The van der Waals surface area contributed by atoms with Crippen LogP contribution in [0.25, 0.3) is 0 Å². The maximum absolute atomic E-state index is 12.0. The van der Waals surface area contributed by atoms with Crippen LogP contribution in [0.4, 0.5) is 5.69 Å². The zero-order valence-corrected chi connectivity index (χ0v) is 12.2. The highest BCUT2D eigenvalue weighted by atomic mass is 35.5. The Morgan fingerprint density at radius 2 is 1.62 bits per heavy atom. The third-order valence-corrected chi connectivity index (χ3v) is 4.27. The molecule has 0 atom stereocenters. The van der Waals surface area contributed by atoms with Gasteiger partial charge in [-0.2, -0.15) is 0 Å². The molecular weight excluding hydrogens is 318 g/mol. The van der Waals surface area contributed by atoms with Crippen molar-refractivity contribution in [3.63, 3.8) is 0 Å². The van der Waals surface area contributed by atoms with E-state index in [0.717, 1.165) is 0 Å². The largest absolute Gasteiger partial charge is 0.477 e. The number of nitrogens with zero attached hydrogens (tertiary/aromatic N) is 1. The van der Waals surface area contributed by atoms with Crippen LogP contribution in [-0.4, -0.2) is 19.3 Å². The maximum Gasteiger partial charge on any atom is 0.269 e. The number of halogens is 1. The van der Waals surface area contributed by atoms with Gasteiger partial charge in [0.05, 0.1) is 9.82 Å². The zero-order chi connectivity index (χ0) is 15.5. The van der Waals surface area contributed by atoms with Gasteiger partial charge in [0.25, 0.3) is 5.69 Å². The standard InChI is InChI=1S/C13H10ClNO5S/c14-10-1-7-13(8-2-10)21(18,19)9-20-12-5-3-11(4-6-12)15(16)17/h1-8H,9H2. The Balaban J connectivity index is 2.08. The number of hydrogen-bond acceptors (Lipinski definition) is 5. The Hall–Kier alpha value is -2.12. The van der Waals surface area contributed by atoms with Gasteiger partial charge in [-0.25, -0.2) is 8.42 Å².